The second-order valence-electron chi connectivity index (χ2n) is 12.1. The number of amides is 2. The Labute approximate surface area is 272 Å². The second-order valence-corrected chi connectivity index (χ2v) is 12.1. The zero-order chi connectivity index (χ0) is 34.6. The monoisotopic (exact) mass is 654 g/mol. The lowest BCUT2D eigenvalue weighted by Crippen LogP contribution is -2.65. The molecule has 0 bridgehead atoms. The highest BCUT2D eigenvalue weighted by Gasteiger charge is 2.53. The number of rotatable bonds is 10. The number of aryl methyl sites for hydroxylation is 1. The van der Waals surface area contributed by atoms with Crippen LogP contribution in [0.15, 0.2) is 51.2 Å². The fourth-order valence-electron chi connectivity index (χ4n) is 5.32. The quantitative estimate of drug-likeness (QED) is 0.151. The number of fused-ring (bicyclic) bond motifs is 1. The smallest absolute Gasteiger partial charge is 0.407 e. The summed E-state index contributed by atoms with van der Waals surface area (Å²) in [5.74, 6) is -1.04. The molecular formula is C34H42N2O11. The van der Waals surface area contributed by atoms with Gasteiger partial charge in [0.05, 0.1) is 11.0 Å². The molecule has 1 aromatic heterocycles. The molecular weight excluding hydrogens is 612 g/mol. The molecule has 0 radical (unpaired) electrons. The summed E-state index contributed by atoms with van der Waals surface area (Å²) in [4.78, 5) is 38.5. The third-order valence-corrected chi connectivity index (χ3v) is 7.84. The molecule has 13 nitrogen and oxygen atoms in total. The number of hydrogen-bond acceptors (Lipinski definition) is 11. The summed E-state index contributed by atoms with van der Waals surface area (Å²) < 4.78 is 28.7. The molecule has 4 rings (SSSR count). The van der Waals surface area contributed by atoms with Crippen molar-refractivity contribution < 1.29 is 48.3 Å². The van der Waals surface area contributed by atoms with Gasteiger partial charge in [-0.25, -0.2) is 9.59 Å². The number of anilines is 1. The van der Waals surface area contributed by atoms with E-state index >= 15 is 0 Å². The maximum absolute atomic E-state index is 13.1. The lowest BCUT2D eigenvalue weighted by Gasteiger charge is -2.47. The van der Waals surface area contributed by atoms with E-state index in [2.05, 4.69) is 10.6 Å². The van der Waals surface area contributed by atoms with Gasteiger partial charge in [-0.1, -0.05) is 18.6 Å². The van der Waals surface area contributed by atoms with E-state index in [1.807, 2.05) is 26.8 Å². The maximum Gasteiger partial charge on any atom is 0.407 e. The van der Waals surface area contributed by atoms with Crippen LogP contribution in [0.2, 0.25) is 0 Å². The van der Waals surface area contributed by atoms with E-state index in [1.165, 1.54) is 37.4 Å². The summed E-state index contributed by atoms with van der Waals surface area (Å²) in [5, 5.41) is 37.6. The molecule has 2 heterocycles. The molecule has 1 saturated heterocycles. The van der Waals surface area contributed by atoms with E-state index in [1.54, 1.807) is 20.8 Å². The van der Waals surface area contributed by atoms with Crippen LogP contribution in [-0.2, 0) is 20.6 Å². The number of aliphatic hydroxyl groups excluding tert-OH is 1. The molecule has 1 fully saturated rings. The Kier molecular flexibility index (Phi) is 10.8. The summed E-state index contributed by atoms with van der Waals surface area (Å²) >= 11 is 0. The fraction of sp³-hybridized carbons (Fsp3) is 0.441. The van der Waals surface area contributed by atoms with Crippen molar-refractivity contribution in [3.05, 3.63) is 69.1 Å². The molecule has 2 amide bonds. The van der Waals surface area contributed by atoms with Gasteiger partial charge in [-0.15, -0.1) is 0 Å². The highest BCUT2D eigenvalue weighted by molar-refractivity contribution is 6.06. The predicted octanol–water partition coefficient (Wildman–Crippen LogP) is 4.67. The van der Waals surface area contributed by atoms with Crippen molar-refractivity contribution in [3.63, 3.8) is 0 Å². The molecule has 47 heavy (non-hydrogen) atoms. The average molecular weight is 655 g/mol. The van der Waals surface area contributed by atoms with Crippen LogP contribution in [-0.4, -0.2) is 71.2 Å². The third kappa shape index (κ3) is 7.70. The molecule has 13 heteroatoms. The number of nitrogens with one attached hydrogen (secondary N) is 2. The number of carbonyl (C=O) groups excluding carboxylic acids is 2. The minimum Gasteiger partial charge on any atom is -0.508 e. The molecule has 0 spiro atoms. The summed E-state index contributed by atoms with van der Waals surface area (Å²) in [5.41, 5.74) is -0.570. The Morgan fingerprint density at radius 3 is 2.51 bits per heavy atom. The Balaban J connectivity index is 1.61. The Morgan fingerprint density at radius 2 is 1.85 bits per heavy atom. The molecule has 5 N–H and O–H groups in total. The number of benzene rings is 2. The van der Waals surface area contributed by atoms with E-state index in [9.17, 15) is 29.7 Å². The normalized spacial score (nSPS) is 20.3. The van der Waals surface area contributed by atoms with Gasteiger partial charge in [0.15, 0.2) is 23.6 Å². The van der Waals surface area contributed by atoms with Crippen LogP contribution in [0.3, 0.4) is 0 Å². The third-order valence-electron chi connectivity index (χ3n) is 7.84. The van der Waals surface area contributed by atoms with Crippen LogP contribution in [0, 0.1) is 6.92 Å². The summed E-state index contributed by atoms with van der Waals surface area (Å²) in [6.07, 6.45) is -2.54. The zero-order valence-corrected chi connectivity index (χ0v) is 27.5. The Morgan fingerprint density at radius 1 is 1.13 bits per heavy atom. The lowest BCUT2D eigenvalue weighted by molar-refractivity contribution is -0.305. The van der Waals surface area contributed by atoms with E-state index in [0.29, 0.717) is 24.9 Å². The molecule has 0 saturated carbocycles. The van der Waals surface area contributed by atoms with Gasteiger partial charge in [-0.05, 0) is 83.4 Å². The number of aliphatic hydroxyl groups is 1. The van der Waals surface area contributed by atoms with Gasteiger partial charge in [0, 0.05) is 24.8 Å². The van der Waals surface area contributed by atoms with Crippen LogP contribution < -0.4 is 21.0 Å². The minimum absolute atomic E-state index is 0.0226. The largest absolute Gasteiger partial charge is 0.508 e. The van der Waals surface area contributed by atoms with Gasteiger partial charge >= 0.3 is 11.7 Å². The molecule has 3 aromatic rings. The molecule has 1 aliphatic heterocycles. The zero-order valence-electron chi connectivity index (χ0n) is 27.5. The van der Waals surface area contributed by atoms with Crippen molar-refractivity contribution in [1.29, 1.82) is 0 Å². The maximum atomic E-state index is 13.1. The first-order valence-corrected chi connectivity index (χ1v) is 15.2. The minimum atomic E-state index is -1.48. The summed E-state index contributed by atoms with van der Waals surface area (Å²) in [6.45, 7) is 11.1. The molecule has 2 aromatic carbocycles. The number of hydrogen-bond donors (Lipinski definition) is 5. The SMILES string of the molecule is CCCNC(=O)O[C@H]1[C@@H](O)[C@H](Oc2ccc3c(O)c(NC(=O)c4ccc(O)c(CC=C(C)C)c4)c(=O)oc3c2C)OC(C)(C)[C@@H]1OC. The first-order chi connectivity index (χ1) is 22.2. The first-order valence-electron chi connectivity index (χ1n) is 15.2. The van der Waals surface area contributed by atoms with Crippen molar-refractivity contribution in [2.75, 3.05) is 19.0 Å². The van der Waals surface area contributed by atoms with Crippen molar-refractivity contribution >= 4 is 28.7 Å². The molecule has 1 aliphatic rings. The molecule has 0 aliphatic carbocycles. The van der Waals surface area contributed by atoms with Gasteiger partial charge in [0.2, 0.25) is 6.29 Å². The average Bonchev–Trinajstić information content (AvgIpc) is 3.01. The lowest BCUT2D eigenvalue weighted by atomic mass is 9.89. The number of allylic oxidation sites excluding steroid dienone is 2. The number of phenolic OH excluding ortho intramolecular Hbond substituents is 1. The molecule has 4 atom stereocenters. The van der Waals surface area contributed by atoms with Crippen LogP contribution >= 0.6 is 0 Å². The fourth-order valence-corrected chi connectivity index (χ4v) is 5.32. The number of aromatic hydroxyl groups is 2. The van der Waals surface area contributed by atoms with E-state index in [-0.39, 0.29) is 33.6 Å². The van der Waals surface area contributed by atoms with E-state index in [4.69, 9.17) is 23.4 Å². The van der Waals surface area contributed by atoms with Gasteiger partial charge in [-0.3, -0.25) is 4.79 Å². The Hall–Kier alpha value is -4.59. The second kappa shape index (κ2) is 14.4. The van der Waals surface area contributed by atoms with Crippen LogP contribution in [0.1, 0.15) is 62.5 Å². The molecule has 0 unspecified atom stereocenters. The predicted molar refractivity (Wildman–Crippen MR) is 173 cm³/mol. The highest BCUT2D eigenvalue weighted by Crippen LogP contribution is 2.38. The van der Waals surface area contributed by atoms with Gasteiger partial charge < -0.3 is 49.3 Å². The van der Waals surface area contributed by atoms with E-state index in [0.717, 1.165) is 5.57 Å². The van der Waals surface area contributed by atoms with Crippen molar-refractivity contribution in [1.82, 2.24) is 5.32 Å². The number of phenols is 1. The van der Waals surface area contributed by atoms with E-state index < -0.39 is 59.3 Å². The molecule has 254 valence electrons. The number of alkyl carbamates (subject to hydrolysis) is 1. The number of methoxy groups -OCH3 is 1. The van der Waals surface area contributed by atoms with Crippen molar-refractivity contribution in [2.24, 2.45) is 0 Å². The van der Waals surface area contributed by atoms with Gasteiger partial charge in [-0.2, -0.15) is 0 Å². The van der Waals surface area contributed by atoms with Gasteiger partial charge in [0.1, 0.15) is 23.2 Å². The Bertz CT molecular complexity index is 1730. The standard InChI is InChI=1S/C34H42N2O11/c1-8-15-35-33(42)46-28-26(39)32(47-34(5,6)29(28)43-7)44-23-14-12-21-25(38)24(31(41)45-27(21)18(23)4)36-30(40)20-11-13-22(37)19(16-20)10-9-17(2)3/h9,11-14,16,26,28-29,32,37-39H,8,10,15H2,1-7H3,(H,35,42)(H,36,40)/t26-,28+,29-,32-/m1/s1. The highest BCUT2D eigenvalue weighted by atomic mass is 16.7. The van der Waals surface area contributed by atoms with Crippen molar-refractivity contribution in [3.8, 4) is 17.2 Å². The van der Waals surface area contributed by atoms with Crippen LogP contribution in [0.5, 0.6) is 17.2 Å². The van der Waals surface area contributed by atoms with Crippen LogP contribution in [0.4, 0.5) is 10.5 Å². The topological polar surface area (TPSA) is 186 Å². The van der Waals surface area contributed by atoms with Crippen LogP contribution in [0.25, 0.3) is 11.0 Å². The number of ether oxygens (including phenoxy) is 4. The summed E-state index contributed by atoms with van der Waals surface area (Å²) in [7, 11) is 1.41. The summed E-state index contributed by atoms with van der Waals surface area (Å²) in [6, 6.07) is 7.19. The number of carbonyl (C=O) groups is 2. The van der Waals surface area contributed by atoms with Gasteiger partial charge in [0.25, 0.3) is 5.91 Å². The first kappa shape index (κ1) is 35.3. The van der Waals surface area contributed by atoms with Crippen molar-refractivity contribution in [2.45, 2.75) is 84.6 Å².